The number of non-ortho nitro benzene ring substituents is 1. The van der Waals surface area contributed by atoms with Crippen LogP contribution in [0.5, 0.6) is 17.2 Å². The van der Waals surface area contributed by atoms with Crippen molar-refractivity contribution in [2.75, 3.05) is 7.11 Å². The van der Waals surface area contributed by atoms with Crippen LogP contribution in [0, 0.1) is 15.9 Å². The Balaban J connectivity index is 2.38. The van der Waals surface area contributed by atoms with E-state index in [2.05, 4.69) is 0 Å². The highest BCUT2D eigenvalue weighted by atomic mass is 35.5. The molecule has 110 valence electrons. The monoisotopic (exact) mass is 331 g/mol. The largest absolute Gasteiger partial charge is 0.497 e. The van der Waals surface area contributed by atoms with Crippen molar-refractivity contribution < 1.29 is 18.8 Å². The van der Waals surface area contributed by atoms with Gasteiger partial charge in [0.15, 0.2) is 17.3 Å². The topological polar surface area (TPSA) is 61.6 Å². The Bertz CT molecular complexity index is 686. The zero-order chi connectivity index (χ0) is 15.6. The molecule has 2 rings (SSSR count). The molecule has 5 nitrogen and oxygen atoms in total. The van der Waals surface area contributed by atoms with Crippen LogP contribution >= 0.6 is 23.2 Å². The number of hydrogen-bond acceptors (Lipinski definition) is 4. The first-order valence-corrected chi connectivity index (χ1v) is 6.32. The van der Waals surface area contributed by atoms with Crippen LogP contribution in [0.3, 0.4) is 0 Å². The maximum Gasteiger partial charge on any atom is 0.272 e. The summed E-state index contributed by atoms with van der Waals surface area (Å²) in [4.78, 5) is 10.0. The quantitative estimate of drug-likeness (QED) is 0.594. The molecule has 0 amide bonds. The van der Waals surface area contributed by atoms with Gasteiger partial charge in [0.25, 0.3) is 5.69 Å². The van der Waals surface area contributed by atoms with E-state index in [1.165, 1.54) is 19.2 Å². The van der Waals surface area contributed by atoms with Gasteiger partial charge in [-0.1, -0.05) is 23.2 Å². The standard InChI is InChI=1S/C13H8Cl2FNO4/c1-20-8-2-3-12(11(16)6-8)21-13-9(14)4-7(17(18)19)5-10(13)15/h2-6H,1H3. The first-order valence-electron chi connectivity index (χ1n) is 5.57. The van der Waals surface area contributed by atoms with E-state index in [-0.39, 0.29) is 27.2 Å². The fraction of sp³-hybridized carbons (Fsp3) is 0.0769. The molecule has 8 heteroatoms. The molecular formula is C13H8Cl2FNO4. The molecule has 0 radical (unpaired) electrons. The van der Waals surface area contributed by atoms with Crippen molar-refractivity contribution in [3.05, 3.63) is 56.3 Å². The van der Waals surface area contributed by atoms with E-state index in [1.54, 1.807) is 0 Å². The Kier molecular flexibility index (Phi) is 4.50. The summed E-state index contributed by atoms with van der Waals surface area (Å²) >= 11 is 11.8. The molecule has 0 saturated carbocycles. The lowest BCUT2D eigenvalue weighted by molar-refractivity contribution is -0.384. The third kappa shape index (κ3) is 3.34. The summed E-state index contributed by atoms with van der Waals surface area (Å²) < 4.78 is 23.9. The van der Waals surface area contributed by atoms with E-state index in [0.29, 0.717) is 5.75 Å². The van der Waals surface area contributed by atoms with Crippen LogP contribution in [-0.2, 0) is 0 Å². The van der Waals surface area contributed by atoms with Crippen molar-refractivity contribution in [1.82, 2.24) is 0 Å². The maximum absolute atomic E-state index is 13.8. The molecule has 0 atom stereocenters. The molecule has 0 aromatic heterocycles. The average molecular weight is 332 g/mol. The summed E-state index contributed by atoms with van der Waals surface area (Å²) in [5.74, 6) is -0.554. The lowest BCUT2D eigenvalue weighted by Gasteiger charge is -2.11. The zero-order valence-electron chi connectivity index (χ0n) is 10.6. The van der Waals surface area contributed by atoms with E-state index in [0.717, 1.165) is 18.2 Å². The van der Waals surface area contributed by atoms with Gasteiger partial charge in [0, 0.05) is 18.2 Å². The van der Waals surface area contributed by atoms with Crippen LogP contribution in [0.25, 0.3) is 0 Å². The van der Waals surface area contributed by atoms with Crippen LogP contribution in [0.2, 0.25) is 10.0 Å². The lowest BCUT2D eigenvalue weighted by Crippen LogP contribution is -1.94. The summed E-state index contributed by atoms with van der Waals surface area (Å²) in [5, 5.41) is 10.5. The smallest absolute Gasteiger partial charge is 0.272 e. The van der Waals surface area contributed by atoms with Gasteiger partial charge in [-0.25, -0.2) is 4.39 Å². The lowest BCUT2D eigenvalue weighted by atomic mass is 10.3. The van der Waals surface area contributed by atoms with Gasteiger partial charge in [0.05, 0.1) is 22.1 Å². The second kappa shape index (κ2) is 6.15. The number of ether oxygens (including phenoxy) is 2. The highest BCUT2D eigenvalue weighted by Gasteiger charge is 2.17. The molecule has 2 aromatic rings. The van der Waals surface area contributed by atoms with Crippen LogP contribution in [0.15, 0.2) is 30.3 Å². The minimum atomic E-state index is -0.681. The van der Waals surface area contributed by atoms with Gasteiger partial charge in [-0.15, -0.1) is 0 Å². The highest BCUT2D eigenvalue weighted by Crippen LogP contribution is 2.40. The van der Waals surface area contributed by atoms with Gasteiger partial charge >= 0.3 is 0 Å². The number of benzene rings is 2. The van der Waals surface area contributed by atoms with E-state index in [4.69, 9.17) is 32.7 Å². The van der Waals surface area contributed by atoms with Gasteiger partial charge in [0.2, 0.25) is 0 Å². The van der Waals surface area contributed by atoms with Crippen molar-refractivity contribution in [2.24, 2.45) is 0 Å². The Labute approximate surface area is 129 Å². The van der Waals surface area contributed by atoms with Crippen LogP contribution < -0.4 is 9.47 Å². The number of methoxy groups -OCH3 is 1. The third-order valence-corrected chi connectivity index (χ3v) is 3.11. The Morgan fingerprint density at radius 2 is 1.81 bits per heavy atom. The summed E-state index contributed by atoms with van der Waals surface area (Å²) in [7, 11) is 1.40. The van der Waals surface area contributed by atoms with E-state index in [9.17, 15) is 14.5 Å². The second-order valence-electron chi connectivity index (χ2n) is 3.89. The highest BCUT2D eigenvalue weighted by molar-refractivity contribution is 6.37. The molecule has 0 spiro atoms. The van der Waals surface area contributed by atoms with Gasteiger partial charge < -0.3 is 9.47 Å². The van der Waals surface area contributed by atoms with Crippen molar-refractivity contribution in [2.45, 2.75) is 0 Å². The second-order valence-corrected chi connectivity index (χ2v) is 4.71. The fourth-order valence-corrected chi connectivity index (χ4v) is 2.10. The normalized spacial score (nSPS) is 10.3. The molecule has 0 fully saturated rings. The van der Waals surface area contributed by atoms with Crippen LogP contribution in [0.1, 0.15) is 0 Å². The Morgan fingerprint density at radius 1 is 1.19 bits per heavy atom. The molecular weight excluding hydrogens is 324 g/mol. The summed E-state index contributed by atoms with van der Waals surface area (Å²) in [6.45, 7) is 0. The number of nitro groups is 1. The number of nitrogens with zero attached hydrogens (tertiary/aromatic N) is 1. The van der Waals surface area contributed by atoms with Crippen molar-refractivity contribution in [3.8, 4) is 17.2 Å². The fourth-order valence-electron chi connectivity index (χ4n) is 1.55. The molecule has 0 heterocycles. The minimum absolute atomic E-state index is 0.0620. The predicted octanol–water partition coefficient (Wildman–Crippen LogP) is 4.84. The van der Waals surface area contributed by atoms with Crippen LogP contribution in [0.4, 0.5) is 10.1 Å². The molecule has 21 heavy (non-hydrogen) atoms. The molecule has 0 saturated heterocycles. The Hall–Kier alpha value is -2.05. The SMILES string of the molecule is COc1ccc(Oc2c(Cl)cc([N+](=O)[O-])cc2Cl)c(F)c1. The maximum atomic E-state index is 13.8. The van der Waals surface area contributed by atoms with E-state index < -0.39 is 10.7 Å². The summed E-state index contributed by atoms with van der Waals surface area (Å²) in [5.41, 5.74) is -0.285. The van der Waals surface area contributed by atoms with Gasteiger partial charge in [-0.2, -0.15) is 0 Å². The summed E-state index contributed by atoms with van der Waals surface area (Å²) in [6.07, 6.45) is 0. The third-order valence-electron chi connectivity index (χ3n) is 2.54. The van der Waals surface area contributed by atoms with Gasteiger partial charge in [-0.3, -0.25) is 10.1 Å². The van der Waals surface area contributed by atoms with Gasteiger partial charge in [0.1, 0.15) is 5.75 Å². The predicted molar refractivity (Wildman–Crippen MR) is 76.1 cm³/mol. The molecule has 0 aliphatic carbocycles. The van der Waals surface area contributed by atoms with E-state index >= 15 is 0 Å². The average Bonchev–Trinajstić information content (AvgIpc) is 2.43. The number of nitro benzene ring substituents is 1. The number of rotatable bonds is 4. The first-order chi connectivity index (χ1) is 9.92. The Morgan fingerprint density at radius 3 is 2.29 bits per heavy atom. The minimum Gasteiger partial charge on any atom is -0.497 e. The number of halogens is 3. The molecule has 0 unspecified atom stereocenters. The van der Waals surface area contributed by atoms with Crippen molar-refractivity contribution >= 4 is 28.9 Å². The van der Waals surface area contributed by atoms with Crippen LogP contribution in [-0.4, -0.2) is 12.0 Å². The zero-order valence-corrected chi connectivity index (χ0v) is 12.1. The molecule has 0 bridgehead atoms. The number of hydrogen-bond donors (Lipinski definition) is 0. The van der Waals surface area contributed by atoms with Crippen molar-refractivity contribution in [1.29, 1.82) is 0 Å². The van der Waals surface area contributed by atoms with E-state index in [1.807, 2.05) is 0 Å². The molecule has 0 aliphatic heterocycles. The molecule has 0 aliphatic rings. The van der Waals surface area contributed by atoms with Crippen molar-refractivity contribution in [3.63, 3.8) is 0 Å². The molecule has 2 aromatic carbocycles. The first kappa shape index (κ1) is 15.3. The molecule has 0 N–H and O–H groups in total. The van der Waals surface area contributed by atoms with Gasteiger partial charge in [-0.05, 0) is 12.1 Å². The summed E-state index contributed by atoms with van der Waals surface area (Å²) in [6, 6.07) is 6.10.